The van der Waals surface area contributed by atoms with E-state index in [1.807, 2.05) is 0 Å². The Hall–Kier alpha value is -1.48. The zero-order valence-electron chi connectivity index (χ0n) is 14.0. The van der Waals surface area contributed by atoms with Crippen LogP contribution in [-0.2, 0) is 19.5 Å². The van der Waals surface area contributed by atoms with E-state index in [0.717, 1.165) is 18.2 Å². The first-order chi connectivity index (χ1) is 12.8. The lowest BCUT2D eigenvalue weighted by molar-refractivity contribution is -0.275. The van der Waals surface area contributed by atoms with Crippen LogP contribution in [0, 0.1) is 6.92 Å². The predicted octanol–water partition coefficient (Wildman–Crippen LogP) is 5.81. The Morgan fingerprint density at radius 1 is 1.11 bits per heavy atom. The summed E-state index contributed by atoms with van der Waals surface area (Å²) in [7, 11) is 1.31. The van der Waals surface area contributed by atoms with Crippen molar-refractivity contribution in [3.63, 3.8) is 0 Å². The molecule has 0 aliphatic carbocycles. The highest BCUT2D eigenvalue weighted by Crippen LogP contribution is 2.49. The van der Waals surface area contributed by atoms with Crippen LogP contribution >= 0.6 is 33.9 Å². The average molecular weight is 473 g/mol. The third-order valence-electron chi connectivity index (χ3n) is 4.30. The Morgan fingerprint density at radius 2 is 1.71 bits per heavy atom. The minimum absolute atomic E-state index is 0.00836. The van der Waals surface area contributed by atoms with Gasteiger partial charge in [0.25, 0.3) is 14.7 Å². The highest BCUT2D eigenvalue weighted by molar-refractivity contribution is 8.13. The Balaban J connectivity index is 2.08. The van der Waals surface area contributed by atoms with Gasteiger partial charge in [0, 0.05) is 38.3 Å². The van der Waals surface area contributed by atoms with Gasteiger partial charge in [-0.15, -0.1) is 0 Å². The monoisotopic (exact) mass is 471 g/mol. The summed E-state index contributed by atoms with van der Waals surface area (Å²) in [4.78, 5) is 4.67. The highest BCUT2D eigenvalue weighted by Gasteiger charge is 2.62. The summed E-state index contributed by atoms with van der Waals surface area (Å²) >= 11 is 11.7. The van der Waals surface area contributed by atoms with E-state index in [9.17, 15) is 21.6 Å². The molecule has 0 saturated heterocycles. The van der Waals surface area contributed by atoms with Crippen LogP contribution in [0.3, 0.4) is 0 Å². The van der Waals surface area contributed by atoms with Gasteiger partial charge in [-0.1, -0.05) is 40.5 Å². The summed E-state index contributed by atoms with van der Waals surface area (Å²) in [6.45, 7) is 1.51. The van der Waals surface area contributed by atoms with Gasteiger partial charge in [0.1, 0.15) is 0 Å². The van der Waals surface area contributed by atoms with Gasteiger partial charge in [0.15, 0.2) is 0 Å². The molecule has 1 aliphatic heterocycles. The first-order valence-electron chi connectivity index (χ1n) is 7.67. The Kier molecular flexibility index (Phi) is 5.38. The van der Waals surface area contributed by atoms with E-state index >= 15 is 0 Å². The summed E-state index contributed by atoms with van der Waals surface area (Å²) in [6, 6.07) is 7.53. The molecule has 28 heavy (non-hydrogen) atoms. The molecule has 0 bridgehead atoms. The smallest absolute Gasteiger partial charge is 0.374 e. The quantitative estimate of drug-likeness (QED) is 0.530. The average Bonchev–Trinajstić information content (AvgIpc) is 2.99. The van der Waals surface area contributed by atoms with E-state index < -0.39 is 27.2 Å². The van der Waals surface area contributed by atoms with Crippen LogP contribution in [-0.4, -0.2) is 20.3 Å². The molecule has 0 N–H and O–H groups in total. The summed E-state index contributed by atoms with van der Waals surface area (Å²) < 4.78 is 65.3. The van der Waals surface area contributed by atoms with Gasteiger partial charge < -0.3 is 4.84 Å². The molecule has 1 unspecified atom stereocenters. The number of hydrogen-bond donors (Lipinski definition) is 0. The van der Waals surface area contributed by atoms with Crippen LogP contribution in [0.15, 0.2) is 46.4 Å². The molecule has 0 aromatic heterocycles. The fraction of sp³-hybridized carbons (Fsp3) is 0.235. The number of nitrogens with zero attached hydrogens (tertiary/aromatic N) is 1. The molecule has 2 aromatic carbocycles. The second kappa shape index (κ2) is 7.09. The highest BCUT2D eigenvalue weighted by atomic mass is 35.7. The van der Waals surface area contributed by atoms with Gasteiger partial charge in [-0.2, -0.15) is 13.2 Å². The molecule has 150 valence electrons. The fourth-order valence-corrected chi connectivity index (χ4v) is 4.63. The van der Waals surface area contributed by atoms with Crippen LogP contribution in [0.1, 0.15) is 23.1 Å². The molecule has 0 saturated carbocycles. The minimum Gasteiger partial charge on any atom is -0.374 e. The maximum atomic E-state index is 14.0. The lowest BCUT2D eigenvalue weighted by atomic mass is 9.86. The van der Waals surface area contributed by atoms with Gasteiger partial charge in [-0.05, 0) is 36.8 Å². The van der Waals surface area contributed by atoms with E-state index in [4.69, 9.17) is 38.7 Å². The van der Waals surface area contributed by atoms with Crippen LogP contribution < -0.4 is 0 Å². The van der Waals surface area contributed by atoms with Gasteiger partial charge in [0.05, 0.1) is 10.6 Å². The Labute approximate surface area is 173 Å². The second-order valence-electron chi connectivity index (χ2n) is 6.21. The molecule has 0 fully saturated rings. The standard InChI is InChI=1S/C17H11Cl3F3NO3S/c1-9-2-3-10(4-15(9)28(20,25)26)14-8-16(27-24-14,17(21,22)23)11-5-12(18)7-13(19)6-11/h2-7H,8H2,1H3. The molecule has 4 nitrogen and oxygen atoms in total. The number of hydrogen-bond acceptors (Lipinski definition) is 4. The summed E-state index contributed by atoms with van der Waals surface area (Å²) in [6.07, 6.45) is -5.55. The first kappa shape index (κ1) is 21.2. The SMILES string of the molecule is Cc1ccc(C2=NOC(c3cc(Cl)cc(Cl)c3)(C(F)(F)F)C2)cc1S(=O)(=O)Cl. The first-order valence-corrected chi connectivity index (χ1v) is 10.7. The van der Waals surface area contributed by atoms with Crippen molar-refractivity contribution in [2.75, 3.05) is 0 Å². The Morgan fingerprint density at radius 3 is 2.25 bits per heavy atom. The van der Waals surface area contributed by atoms with Crippen LogP contribution in [0.5, 0.6) is 0 Å². The van der Waals surface area contributed by atoms with Crippen molar-refractivity contribution in [1.82, 2.24) is 0 Å². The third-order valence-corrected chi connectivity index (χ3v) is 6.20. The zero-order chi connectivity index (χ0) is 20.9. The van der Waals surface area contributed by atoms with Gasteiger partial charge in [0.2, 0.25) is 0 Å². The lowest BCUT2D eigenvalue weighted by Crippen LogP contribution is -2.42. The number of alkyl halides is 3. The van der Waals surface area contributed by atoms with Crippen molar-refractivity contribution < 1.29 is 26.4 Å². The normalized spacial score (nSPS) is 20.0. The molecule has 3 rings (SSSR count). The molecular weight excluding hydrogens is 462 g/mol. The number of oxime groups is 1. The fourth-order valence-electron chi connectivity index (χ4n) is 2.89. The minimum atomic E-state index is -4.85. The summed E-state index contributed by atoms with van der Waals surface area (Å²) in [5.41, 5.74) is -2.71. The molecule has 1 heterocycles. The third kappa shape index (κ3) is 3.83. The molecule has 0 amide bonds. The molecule has 0 spiro atoms. The van der Waals surface area contributed by atoms with Crippen molar-refractivity contribution >= 4 is 48.6 Å². The van der Waals surface area contributed by atoms with E-state index in [1.165, 1.54) is 25.1 Å². The molecule has 11 heteroatoms. The summed E-state index contributed by atoms with van der Waals surface area (Å²) in [5.74, 6) is 0. The maximum absolute atomic E-state index is 14.0. The second-order valence-corrected chi connectivity index (χ2v) is 9.61. The van der Waals surface area contributed by atoms with Crippen molar-refractivity contribution in [3.8, 4) is 0 Å². The maximum Gasteiger partial charge on any atom is 0.435 e. The van der Waals surface area contributed by atoms with Crippen molar-refractivity contribution in [2.24, 2.45) is 5.16 Å². The van der Waals surface area contributed by atoms with Gasteiger partial charge in [-0.25, -0.2) is 8.42 Å². The van der Waals surface area contributed by atoms with E-state index in [2.05, 4.69) is 5.16 Å². The van der Waals surface area contributed by atoms with Crippen LogP contribution in [0.4, 0.5) is 13.2 Å². The van der Waals surface area contributed by atoms with Gasteiger partial charge in [-0.3, -0.25) is 0 Å². The largest absolute Gasteiger partial charge is 0.435 e. The van der Waals surface area contributed by atoms with E-state index in [1.54, 1.807) is 0 Å². The Bertz CT molecular complexity index is 1070. The van der Waals surface area contributed by atoms with Crippen LogP contribution in [0.2, 0.25) is 10.0 Å². The van der Waals surface area contributed by atoms with Crippen LogP contribution in [0.25, 0.3) is 0 Å². The number of aryl methyl sites for hydroxylation is 1. The molecule has 0 radical (unpaired) electrons. The van der Waals surface area contributed by atoms with Crippen molar-refractivity contribution in [2.45, 2.75) is 30.0 Å². The number of halogens is 6. The summed E-state index contributed by atoms with van der Waals surface area (Å²) in [5, 5.41) is 3.60. The predicted molar refractivity (Wildman–Crippen MR) is 101 cm³/mol. The van der Waals surface area contributed by atoms with Gasteiger partial charge >= 0.3 is 6.18 Å². The topological polar surface area (TPSA) is 55.7 Å². The van der Waals surface area contributed by atoms with E-state index in [-0.39, 0.29) is 31.8 Å². The van der Waals surface area contributed by atoms with Crippen molar-refractivity contribution in [3.05, 3.63) is 63.1 Å². The molecule has 2 aromatic rings. The zero-order valence-corrected chi connectivity index (χ0v) is 17.1. The molecule has 1 atom stereocenters. The molecule has 1 aliphatic rings. The number of benzene rings is 2. The lowest BCUT2D eigenvalue weighted by Gasteiger charge is -2.29. The number of rotatable bonds is 3. The van der Waals surface area contributed by atoms with E-state index in [0.29, 0.717) is 5.56 Å². The van der Waals surface area contributed by atoms with Crippen molar-refractivity contribution in [1.29, 1.82) is 0 Å². The molecular formula is C17H11Cl3F3NO3S.